The Labute approximate surface area is 117 Å². The molecule has 0 aliphatic carbocycles. The summed E-state index contributed by atoms with van der Waals surface area (Å²) in [5.41, 5.74) is 9.03. The largest absolute Gasteiger partial charge is 0.478 e. The predicted molar refractivity (Wildman–Crippen MR) is 78.1 cm³/mol. The molecule has 2 rings (SSSR count). The Kier molecular flexibility index (Phi) is 3.83. The maximum atomic E-state index is 11.5. The Morgan fingerprint density at radius 2 is 2.05 bits per heavy atom. The number of rotatable bonds is 4. The Morgan fingerprint density at radius 1 is 1.40 bits per heavy atom. The Morgan fingerprint density at radius 3 is 2.55 bits per heavy atom. The molecular formula is C15H20N2O3. The number of nitrogens with zero attached hydrogens (tertiary/aromatic N) is 1. The first-order chi connectivity index (χ1) is 9.38. The molecule has 20 heavy (non-hydrogen) atoms. The molecule has 1 heterocycles. The van der Waals surface area contributed by atoms with Gasteiger partial charge in [-0.2, -0.15) is 0 Å². The van der Waals surface area contributed by atoms with Gasteiger partial charge in [0.2, 0.25) is 0 Å². The van der Waals surface area contributed by atoms with Crippen LogP contribution >= 0.6 is 0 Å². The molecule has 1 unspecified atom stereocenters. The fourth-order valence-electron chi connectivity index (χ4n) is 2.88. The summed E-state index contributed by atoms with van der Waals surface area (Å²) in [4.78, 5) is 11.5. The van der Waals surface area contributed by atoms with Crippen LogP contribution in [0.2, 0.25) is 0 Å². The second kappa shape index (κ2) is 5.26. The van der Waals surface area contributed by atoms with E-state index in [4.69, 9.17) is 5.73 Å². The minimum atomic E-state index is -0.966. The fraction of sp³-hybridized carbons (Fsp3) is 0.400. The van der Waals surface area contributed by atoms with E-state index >= 15 is 0 Å². The average Bonchev–Trinajstić information content (AvgIpc) is 2.61. The Bertz CT molecular complexity index is 672. The van der Waals surface area contributed by atoms with Gasteiger partial charge in [-0.05, 0) is 38.5 Å². The zero-order valence-corrected chi connectivity index (χ0v) is 12.0. The van der Waals surface area contributed by atoms with Gasteiger partial charge in [-0.3, -0.25) is 0 Å². The van der Waals surface area contributed by atoms with Crippen molar-refractivity contribution in [1.29, 1.82) is 0 Å². The van der Waals surface area contributed by atoms with Gasteiger partial charge in [0.05, 0.1) is 17.2 Å². The van der Waals surface area contributed by atoms with Crippen molar-refractivity contribution in [3.05, 3.63) is 34.5 Å². The van der Waals surface area contributed by atoms with E-state index in [1.54, 1.807) is 13.0 Å². The summed E-state index contributed by atoms with van der Waals surface area (Å²) in [5, 5.41) is 20.2. The first-order valence-electron chi connectivity index (χ1n) is 6.63. The SMILES string of the molecule is Cc1cc(C(=O)O)c2c(c1)c(C(C)O)c(C)n2CCN. The van der Waals surface area contributed by atoms with Gasteiger partial charge < -0.3 is 20.5 Å². The van der Waals surface area contributed by atoms with Crippen LogP contribution in [0.1, 0.15) is 40.2 Å². The van der Waals surface area contributed by atoms with Crippen LogP contribution in [0.5, 0.6) is 0 Å². The van der Waals surface area contributed by atoms with Gasteiger partial charge in [0.1, 0.15) is 0 Å². The molecule has 2 aromatic rings. The lowest BCUT2D eigenvalue weighted by molar-refractivity contribution is 0.0698. The molecule has 0 aliphatic heterocycles. The van der Waals surface area contributed by atoms with Gasteiger partial charge in [0.15, 0.2) is 0 Å². The van der Waals surface area contributed by atoms with Crippen molar-refractivity contribution in [2.45, 2.75) is 33.4 Å². The molecule has 1 aromatic heterocycles. The number of aliphatic hydroxyl groups excluding tert-OH is 1. The Hall–Kier alpha value is -1.85. The van der Waals surface area contributed by atoms with Gasteiger partial charge in [-0.1, -0.05) is 0 Å². The first kappa shape index (κ1) is 14.6. The number of aromatic carboxylic acids is 1. The number of carboxylic acids is 1. The third kappa shape index (κ3) is 2.19. The monoisotopic (exact) mass is 276 g/mol. The number of hydrogen-bond donors (Lipinski definition) is 3. The normalized spacial score (nSPS) is 12.8. The van der Waals surface area contributed by atoms with Crippen LogP contribution in [-0.4, -0.2) is 27.3 Å². The number of aromatic nitrogens is 1. The number of carbonyl (C=O) groups is 1. The van der Waals surface area contributed by atoms with E-state index in [0.717, 1.165) is 22.2 Å². The molecule has 0 amide bonds. The van der Waals surface area contributed by atoms with E-state index in [1.807, 2.05) is 24.5 Å². The van der Waals surface area contributed by atoms with Crippen molar-refractivity contribution in [3.63, 3.8) is 0 Å². The summed E-state index contributed by atoms with van der Waals surface area (Å²) in [6, 6.07) is 3.58. The molecule has 0 saturated heterocycles. The lowest BCUT2D eigenvalue weighted by Gasteiger charge is -2.09. The molecule has 108 valence electrons. The summed E-state index contributed by atoms with van der Waals surface area (Å²) < 4.78 is 1.89. The highest BCUT2D eigenvalue weighted by Crippen LogP contribution is 2.33. The molecule has 0 aliphatic rings. The van der Waals surface area contributed by atoms with Crippen molar-refractivity contribution >= 4 is 16.9 Å². The summed E-state index contributed by atoms with van der Waals surface area (Å²) in [5.74, 6) is -0.966. The standard InChI is InChI=1S/C15H20N2O3/c1-8-6-11-13(10(3)18)9(2)17(5-4-16)14(11)12(7-8)15(19)20/h6-7,10,18H,4-5,16H2,1-3H3,(H,19,20). The highest BCUT2D eigenvalue weighted by Gasteiger charge is 2.22. The van der Waals surface area contributed by atoms with E-state index in [1.165, 1.54) is 0 Å². The van der Waals surface area contributed by atoms with Gasteiger partial charge >= 0.3 is 5.97 Å². The summed E-state index contributed by atoms with van der Waals surface area (Å²) in [6.45, 7) is 6.37. The molecular weight excluding hydrogens is 256 g/mol. The lowest BCUT2D eigenvalue weighted by Crippen LogP contribution is -2.13. The van der Waals surface area contributed by atoms with Crippen molar-refractivity contribution in [1.82, 2.24) is 4.57 Å². The number of hydrogen-bond acceptors (Lipinski definition) is 3. The van der Waals surface area contributed by atoms with Crippen molar-refractivity contribution in [2.75, 3.05) is 6.54 Å². The van der Waals surface area contributed by atoms with Crippen molar-refractivity contribution in [3.8, 4) is 0 Å². The third-order valence-electron chi connectivity index (χ3n) is 3.61. The smallest absolute Gasteiger partial charge is 0.337 e. The van der Waals surface area contributed by atoms with Gasteiger partial charge in [0, 0.05) is 29.7 Å². The second-order valence-electron chi connectivity index (χ2n) is 5.13. The van der Waals surface area contributed by atoms with E-state index in [2.05, 4.69) is 0 Å². The summed E-state index contributed by atoms with van der Waals surface area (Å²) in [7, 11) is 0. The minimum absolute atomic E-state index is 0.253. The molecule has 5 nitrogen and oxygen atoms in total. The van der Waals surface area contributed by atoms with Crippen LogP contribution in [0, 0.1) is 13.8 Å². The van der Waals surface area contributed by atoms with E-state index in [0.29, 0.717) is 18.6 Å². The molecule has 1 atom stereocenters. The molecule has 0 radical (unpaired) electrons. The van der Waals surface area contributed by atoms with E-state index in [-0.39, 0.29) is 5.56 Å². The number of fused-ring (bicyclic) bond motifs is 1. The first-order valence-corrected chi connectivity index (χ1v) is 6.63. The zero-order valence-electron chi connectivity index (χ0n) is 12.0. The highest BCUT2D eigenvalue weighted by molar-refractivity contribution is 6.04. The predicted octanol–water partition coefficient (Wildman–Crippen LogP) is 1.97. The zero-order chi connectivity index (χ0) is 15.0. The molecule has 0 saturated carbocycles. The molecule has 1 aromatic carbocycles. The number of carboxylic acid groups (broad SMARTS) is 1. The van der Waals surface area contributed by atoms with Crippen LogP contribution < -0.4 is 5.73 Å². The number of benzene rings is 1. The molecule has 0 spiro atoms. The van der Waals surface area contributed by atoms with E-state index in [9.17, 15) is 15.0 Å². The van der Waals surface area contributed by atoms with Crippen molar-refractivity contribution < 1.29 is 15.0 Å². The van der Waals surface area contributed by atoms with E-state index < -0.39 is 12.1 Å². The third-order valence-corrected chi connectivity index (χ3v) is 3.61. The molecule has 4 N–H and O–H groups in total. The van der Waals surface area contributed by atoms with Gasteiger partial charge in [-0.25, -0.2) is 4.79 Å². The van der Waals surface area contributed by atoms with Crippen molar-refractivity contribution in [2.24, 2.45) is 5.73 Å². The van der Waals surface area contributed by atoms with Gasteiger partial charge in [0.25, 0.3) is 0 Å². The molecule has 0 fully saturated rings. The topological polar surface area (TPSA) is 88.5 Å². The number of aliphatic hydroxyl groups is 1. The quantitative estimate of drug-likeness (QED) is 0.796. The number of nitrogens with two attached hydrogens (primary N) is 1. The van der Waals surface area contributed by atoms with Gasteiger partial charge in [-0.15, -0.1) is 0 Å². The lowest BCUT2D eigenvalue weighted by atomic mass is 10.0. The molecule has 5 heteroatoms. The summed E-state index contributed by atoms with van der Waals surface area (Å²) in [6.07, 6.45) is -0.653. The number of aryl methyl sites for hydroxylation is 1. The fourth-order valence-corrected chi connectivity index (χ4v) is 2.88. The average molecular weight is 276 g/mol. The minimum Gasteiger partial charge on any atom is -0.478 e. The Balaban J connectivity index is 2.96. The summed E-state index contributed by atoms with van der Waals surface area (Å²) >= 11 is 0. The highest BCUT2D eigenvalue weighted by atomic mass is 16.4. The van der Waals surface area contributed by atoms with Crippen LogP contribution in [-0.2, 0) is 6.54 Å². The van der Waals surface area contributed by atoms with Crippen LogP contribution in [0.25, 0.3) is 10.9 Å². The van der Waals surface area contributed by atoms with Crippen LogP contribution in [0.4, 0.5) is 0 Å². The second-order valence-corrected chi connectivity index (χ2v) is 5.13. The maximum absolute atomic E-state index is 11.5. The van der Waals surface area contributed by atoms with Crippen LogP contribution in [0.3, 0.4) is 0 Å². The van der Waals surface area contributed by atoms with Crippen LogP contribution in [0.15, 0.2) is 12.1 Å². The maximum Gasteiger partial charge on any atom is 0.337 e. The molecule has 0 bridgehead atoms.